The van der Waals surface area contributed by atoms with Gasteiger partial charge in [-0.25, -0.2) is 4.79 Å². The number of benzene rings is 1. The second-order valence-electron chi connectivity index (χ2n) is 12.1. The Balaban J connectivity index is 2.55. The highest BCUT2D eigenvalue weighted by molar-refractivity contribution is 5.97. The topological polar surface area (TPSA) is 206 Å². The Morgan fingerprint density at radius 1 is 0.915 bits per heavy atom. The van der Waals surface area contributed by atoms with E-state index >= 15 is 0 Å². The molecule has 0 saturated heterocycles. The van der Waals surface area contributed by atoms with E-state index < -0.39 is 23.9 Å². The number of primary amides is 1. The Hall–Kier alpha value is -4.49. The van der Waals surface area contributed by atoms with Crippen molar-refractivity contribution < 1.29 is 38.3 Å². The number of esters is 1. The van der Waals surface area contributed by atoms with Crippen molar-refractivity contribution in [2.75, 3.05) is 32.0 Å². The van der Waals surface area contributed by atoms with Crippen LogP contribution in [-0.4, -0.2) is 79.5 Å². The van der Waals surface area contributed by atoms with Gasteiger partial charge in [0.15, 0.2) is 0 Å². The van der Waals surface area contributed by atoms with Gasteiger partial charge < -0.3 is 41.4 Å². The zero-order chi connectivity index (χ0) is 35.4. The first kappa shape index (κ1) is 40.5. The van der Waals surface area contributed by atoms with Gasteiger partial charge in [-0.1, -0.05) is 46.2 Å². The second kappa shape index (κ2) is 22.1. The fraction of sp³-hybridized carbons (Fsp3) is 0.606. The van der Waals surface area contributed by atoms with Crippen LogP contribution in [0.15, 0.2) is 24.3 Å². The summed E-state index contributed by atoms with van der Waals surface area (Å²) < 4.78 is 5.21. The fourth-order valence-corrected chi connectivity index (χ4v) is 4.50. The second-order valence-corrected chi connectivity index (χ2v) is 12.1. The molecule has 262 valence electrons. The molecule has 0 bridgehead atoms. The monoisotopic (exact) mass is 660 g/mol. The van der Waals surface area contributed by atoms with Crippen molar-refractivity contribution in [2.24, 2.45) is 23.5 Å². The van der Waals surface area contributed by atoms with Gasteiger partial charge in [-0.2, -0.15) is 0 Å². The predicted molar refractivity (Wildman–Crippen MR) is 177 cm³/mol. The van der Waals surface area contributed by atoms with E-state index in [4.69, 9.17) is 10.5 Å². The summed E-state index contributed by atoms with van der Waals surface area (Å²) in [6.07, 6.45) is 3.66. The van der Waals surface area contributed by atoms with Crippen LogP contribution < -0.4 is 27.0 Å². The average Bonchev–Trinajstić information content (AvgIpc) is 3.02. The highest BCUT2D eigenvalue weighted by atomic mass is 16.5. The van der Waals surface area contributed by atoms with Crippen LogP contribution in [0.1, 0.15) is 78.2 Å². The number of hydrogen-bond acceptors (Lipinski definition) is 8. The Bertz CT molecular complexity index is 1190. The van der Waals surface area contributed by atoms with Gasteiger partial charge in [0.25, 0.3) is 0 Å². The lowest BCUT2D eigenvalue weighted by Crippen LogP contribution is -2.47. The molecule has 0 radical (unpaired) electrons. The third-order valence-electron chi connectivity index (χ3n) is 7.39. The average molecular weight is 661 g/mol. The first-order valence-electron chi connectivity index (χ1n) is 16.1. The third kappa shape index (κ3) is 17.1. The van der Waals surface area contributed by atoms with Gasteiger partial charge in [0, 0.05) is 44.6 Å². The van der Waals surface area contributed by atoms with E-state index in [1.807, 2.05) is 13.8 Å². The molecule has 0 fully saturated rings. The molecule has 47 heavy (non-hydrogen) atoms. The van der Waals surface area contributed by atoms with E-state index in [9.17, 15) is 33.6 Å². The maximum absolute atomic E-state index is 13.1. The molecule has 1 aromatic carbocycles. The van der Waals surface area contributed by atoms with Crippen LogP contribution in [-0.2, 0) is 40.1 Å². The van der Waals surface area contributed by atoms with Crippen LogP contribution in [0, 0.1) is 17.8 Å². The number of amides is 6. The summed E-state index contributed by atoms with van der Waals surface area (Å²) in [5.74, 6) is -2.26. The van der Waals surface area contributed by atoms with E-state index in [-0.39, 0.29) is 74.5 Å². The van der Waals surface area contributed by atoms with E-state index in [2.05, 4.69) is 21.3 Å². The zero-order valence-corrected chi connectivity index (χ0v) is 28.3. The van der Waals surface area contributed by atoms with Crippen LogP contribution in [0.5, 0.6) is 0 Å². The molecule has 1 rings (SSSR count). The molecular formula is C33H52N6O8. The minimum atomic E-state index is -0.956. The van der Waals surface area contributed by atoms with Crippen LogP contribution in [0.2, 0.25) is 0 Å². The molecule has 0 aliphatic heterocycles. The number of aldehydes is 1. The van der Waals surface area contributed by atoms with Crippen molar-refractivity contribution in [3.05, 3.63) is 29.8 Å². The van der Waals surface area contributed by atoms with Gasteiger partial charge >= 0.3 is 12.0 Å². The maximum Gasteiger partial charge on any atom is 0.312 e. The Morgan fingerprint density at radius 3 is 2.19 bits per heavy atom. The number of rotatable bonds is 22. The summed E-state index contributed by atoms with van der Waals surface area (Å²) in [5.41, 5.74) is 6.30. The summed E-state index contributed by atoms with van der Waals surface area (Å²) in [5, 5.41) is 10.4. The molecule has 0 heterocycles. The number of urea groups is 1. The molecule has 14 nitrogen and oxygen atoms in total. The summed E-state index contributed by atoms with van der Waals surface area (Å²) in [4.78, 5) is 85.8. The van der Waals surface area contributed by atoms with Gasteiger partial charge in [-0.15, -0.1) is 0 Å². The van der Waals surface area contributed by atoms with Crippen molar-refractivity contribution in [1.29, 1.82) is 0 Å². The largest absolute Gasteiger partial charge is 0.461 e. The number of nitrogens with one attached hydrogen (secondary N) is 4. The number of nitrogens with zero attached hydrogens (tertiary/aromatic N) is 1. The van der Waals surface area contributed by atoms with Crippen molar-refractivity contribution >= 4 is 47.6 Å². The molecule has 1 aromatic rings. The zero-order valence-electron chi connectivity index (χ0n) is 28.3. The molecular weight excluding hydrogens is 608 g/mol. The van der Waals surface area contributed by atoms with Crippen LogP contribution in [0.25, 0.3) is 0 Å². The van der Waals surface area contributed by atoms with E-state index in [0.717, 1.165) is 11.8 Å². The van der Waals surface area contributed by atoms with Gasteiger partial charge in [0.1, 0.15) is 18.9 Å². The minimum Gasteiger partial charge on any atom is -0.461 e. The first-order valence-corrected chi connectivity index (χ1v) is 16.1. The molecule has 0 aromatic heterocycles. The number of hydrogen-bond donors (Lipinski definition) is 5. The highest BCUT2D eigenvalue weighted by Crippen LogP contribution is 2.17. The Morgan fingerprint density at radius 2 is 1.60 bits per heavy atom. The summed E-state index contributed by atoms with van der Waals surface area (Å²) >= 11 is 0. The van der Waals surface area contributed by atoms with Crippen molar-refractivity contribution in [2.45, 2.75) is 85.3 Å². The molecule has 14 heteroatoms. The number of unbranched alkanes of at least 4 members (excludes halogenated alkanes) is 2. The standard InChI is InChI=1S/C33H52N6O8/c1-22(2)26(16-19-40)31(44)39(5)18-8-6-7-11-28(41)36-20-29(42)38-27(10-9-17-35-33(34)46)30(43)37-25-14-12-24(13-15-25)21-47-32(45)23(3)4/h12-15,19,22-23,26-27H,6-11,16-18,20-21H2,1-5H3,(H,36,41)(H,37,43)(H,38,42)(H3,34,35,46). The predicted octanol–water partition coefficient (Wildman–Crippen LogP) is 2.25. The normalized spacial score (nSPS) is 12.1. The van der Waals surface area contributed by atoms with Crippen LogP contribution in [0.3, 0.4) is 0 Å². The van der Waals surface area contributed by atoms with Crippen LogP contribution >= 0.6 is 0 Å². The van der Waals surface area contributed by atoms with Gasteiger partial charge in [-0.3, -0.25) is 24.0 Å². The lowest BCUT2D eigenvalue weighted by molar-refractivity contribution is -0.148. The lowest BCUT2D eigenvalue weighted by atomic mass is 9.91. The number of nitrogens with two attached hydrogens (primary N) is 1. The third-order valence-corrected chi connectivity index (χ3v) is 7.39. The minimum absolute atomic E-state index is 0.0619. The Kier molecular flexibility index (Phi) is 19.1. The maximum atomic E-state index is 13.1. The number of ether oxygens (including phenoxy) is 1. The highest BCUT2D eigenvalue weighted by Gasteiger charge is 2.25. The van der Waals surface area contributed by atoms with Crippen molar-refractivity contribution in [1.82, 2.24) is 20.9 Å². The molecule has 6 amide bonds. The van der Waals surface area contributed by atoms with Crippen molar-refractivity contribution in [3.63, 3.8) is 0 Å². The Labute approximate surface area is 277 Å². The molecule has 2 atom stereocenters. The van der Waals surface area contributed by atoms with E-state index in [1.165, 1.54) is 0 Å². The van der Waals surface area contributed by atoms with Gasteiger partial charge in [0.05, 0.1) is 12.5 Å². The van der Waals surface area contributed by atoms with E-state index in [1.54, 1.807) is 50.1 Å². The summed E-state index contributed by atoms with van der Waals surface area (Å²) in [7, 11) is 1.71. The van der Waals surface area contributed by atoms with Gasteiger partial charge in [0.2, 0.25) is 23.6 Å². The molecule has 0 saturated carbocycles. The fourth-order valence-electron chi connectivity index (χ4n) is 4.50. The SMILES string of the molecule is CC(C)C(=O)OCc1ccc(NC(=O)C(CCCNC(N)=O)NC(=O)CNC(=O)CCCCCN(C)C(=O)C(CC=O)C(C)C)cc1. The van der Waals surface area contributed by atoms with E-state index in [0.29, 0.717) is 37.9 Å². The summed E-state index contributed by atoms with van der Waals surface area (Å²) in [6.45, 7) is 7.81. The molecule has 0 spiro atoms. The van der Waals surface area contributed by atoms with Gasteiger partial charge in [-0.05, 0) is 49.3 Å². The lowest BCUT2D eigenvalue weighted by Gasteiger charge is -2.25. The first-order chi connectivity index (χ1) is 22.2. The number of anilines is 1. The van der Waals surface area contributed by atoms with Crippen LogP contribution in [0.4, 0.5) is 10.5 Å². The quantitative estimate of drug-likeness (QED) is 0.0707. The number of carbonyl (C=O) groups is 7. The number of carbonyl (C=O) groups excluding carboxylic acids is 7. The molecule has 2 unspecified atom stereocenters. The summed E-state index contributed by atoms with van der Waals surface area (Å²) in [6, 6.07) is 5.05. The smallest absolute Gasteiger partial charge is 0.312 e. The molecule has 0 aliphatic carbocycles. The van der Waals surface area contributed by atoms with Crippen molar-refractivity contribution in [3.8, 4) is 0 Å². The molecule has 6 N–H and O–H groups in total. The molecule has 0 aliphatic rings.